The summed E-state index contributed by atoms with van der Waals surface area (Å²) in [6.45, 7) is 8.16. The molecule has 1 aliphatic carbocycles. The van der Waals surface area contributed by atoms with Crippen LogP contribution < -0.4 is 5.32 Å². The van der Waals surface area contributed by atoms with Crippen LogP contribution in [0.2, 0.25) is 0 Å². The van der Waals surface area contributed by atoms with E-state index in [9.17, 15) is 0 Å². The molecule has 2 nitrogen and oxygen atoms in total. The van der Waals surface area contributed by atoms with Crippen molar-refractivity contribution in [3.05, 3.63) is 0 Å². The Labute approximate surface area is 108 Å². The SMILES string of the molecule is CNC(CN(C)C1CCCCCC1)C(C)(C)C. The van der Waals surface area contributed by atoms with E-state index in [0.29, 0.717) is 11.5 Å². The van der Waals surface area contributed by atoms with Crippen LogP contribution in [0, 0.1) is 5.41 Å². The Hall–Kier alpha value is -0.0800. The third kappa shape index (κ3) is 4.97. The van der Waals surface area contributed by atoms with E-state index in [-0.39, 0.29) is 0 Å². The van der Waals surface area contributed by atoms with Gasteiger partial charge in [-0.05, 0) is 32.4 Å². The average molecular weight is 240 g/mol. The summed E-state index contributed by atoms with van der Waals surface area (Å²) in [4.78, 5) is 2.59. The van der Waals surface area contributed by atoms with Gasteiger partial charge in [-0.25, -0.2) is 0 Å². The predicted octanol–water partition coefficient (Wildman–Crippen LogP) is 3.28. The minimum absolute atomic E-state index is 0.341. The Morgan fingerprint density at radius 2 is 1.65 bits per heavy atom. The summed E-state index contributed by atoms with van der Waals surface area (Å²) in [6.07, 6.45) is 8.54. The molecule has 1 fully saturated rings. The van der Waals surface area contributed by atoms with Gasteiger partial charge in [0, 0.05) is 18.6 Å². The first-order valence-electron chi connectivity index (χ1n) is 7.32. The molecule has 0 aliphatic heterocycles. The highest BCUT2D eigenvalue weighted by Gasteiger charge is 2.26. The molecule has 0 aromatic rings. The van der Waals surface area contributed by atoms with Gasteiger partial charge < -0.3 is 10.2 Å². The second kappa shape index (κ2) is 6.75. The summed E-state index contributed by atoms with van der Waals surface area (Å²) in [5.74, 6) is 0. The Balaban J connectivity index is 2.48. The molecule has 1 unspecified atom stereocenters. The maximum Gasteiger partial charge on any atom is 0.0240 e. The fraction of sp³-hybridized carbons (Fsp3) is 1.00. The van der Waals surface area contributed by atoms with Gasteiger partial charge in [0.1, 0.15) is 0 Å². The quantitative estimate of drug-likeness (QED) is 0.759. The number of likely N-dealkylation sites (N-methyl/N-ethyl adjacent to an activating group) is 2. The zero-order valence-corrected chi connectivity index (χ0v) is 12.6. The molecule has 0 aromatic carbocycles. The van der Waals surface area contributed by atoms with Crippen LogP contribution in [-0.4, -0.2) is 37.6 Å². The lowest BCUT2D eigenvalue weighted by Crippen LogP contribution is -2.48. The van der Waals surface area contributed by atoms with E-state index in [0.717, 1.165) is 6.04 Å². The van der Waals surface area contributed by atoms with Gasteiger partial charge in [0.15, 0.2) is 0 Å². The van der Waals surface area contributed by atoms with E-state index >= 15 is 0 Å². The van der Waals surface area contributed by atoms with Crippen LogP contribution in [0.4, 0.5) is 0 Å². The zero-order chi connectivity index (χ0) is 12.9. The summed E-state index contributed by atoms with van der Waals surface area (Å²) in [6, 6.07) is 1.39. The number of hydrogen-bond donors (Lipinski definition) is 1. The molecule has 17 heavy (non-hydrogen) atoms. The van der Waals surface area contributed by atoms with Crippen molar-refractivity contribution in [3.63, 3.8) is 0 Å². The van der Waals surface area contributed by atoms with Crippen LogP contribution in [0.3, 0.4) is 0 Å². The van der Waals surface area contributed by atoms with Crippen molar-refractivity contribution in [3.8, 4) is 0 Å². The minimum Gasteiger partial charge on any atom is -0.315 e. The molecule has 0 amide bonds. The van der Waals surface area contributed by atoms with Crippen LogP contribution in [0.25, 0.3) is 0 Å². The highest BCUT2D eigenvalue weighted by Crippen LogP contribution is 2.24. The molecule has 0 radical (unpaired) electrons. The maximum atomic E-state index is 3.49. The molecule has 0 aromatic heterocycles. The van der Waals surface area contributed by atoms with Crippen molar-refractivity contribution in [2.45, 2.75) is 71.4 Å². The molecule has 1 N–H and O–H groups in total. The first-order valence-corrected chi connectivity index (χ1v) is 7.32. The van der Waals surface area contributed by atoms with E-state index in [2.05, 4.69) is 45.1 Å². The zero-order valence-electron chi connectivity index (χ0n) is 12.6. The van der Waals surface area contributed by atoms with Gasteiger partial charge in [0.25, 0.3) is 0 Å². The molecule has 0 spiro atoms. The molecule has 0 saturated heterocycles. The van der Waals surface area contributed by atoms with Gasteiger partial charge in [-0.15, -0.1) is 0 Å². The minimum atomic E-state index is 0.341. The Morgan fingerprint density at radius 1 is 1.12 bits per heavy atom. The van der Waals surface area contributed by atoms with Gasteiger partial charge in [0.05, 0.1) is 0 Å². The fourth-order valence-electron chi connectivity index (χ4n) is 2.93. The molecule has 102 valence electrons. The molecule has 1 aliphatic rings. The number of nitrogens with zero attached hydrogens (tertiary/aromatic N) is 1. The molecule has 1 rings (SSSR count). The van der Waals surface area contributed by atoms with Crippen LogP contribution in [0.1, 0.15) is 59.3 Å². The summed E-state index contributed by atoms with van der Waals surface area (Å²) >= 11 is 0. The lowest BCUT2D eigenvalue weighted by Gasteiger charge is -2.37. The second-order valence-electron chi connectivity index (χ2n) is 6.79. The second-order valence-corrected chi connectivity index (χ2v) is 6.79. The van der Waals surface area contributed by atoms with Crippen molar-refractivity contribution < 1.29 is 0 Å². The van der Waals surface area contributed by atoms with E-state index in [1.54, 1.807) is 0 Å². The number of rotatable bonds is 4. The fourth-order valence-corrected chi connectivity index (χ4v) is 2.93. The summed E-state index contributed by atoms with van der Waals surface area (Å²) in [5, 5.41) is 3.49. The molecular weight excluding hydrogens is 208 g/mol. The van der Waals surface area contributed by atoms with Crippen LogP contribution in [0.15, 0.2) is 0 Å². The van der Waals surface area contributed by atoms with Crippen LogP contribution in [0.5, 0.6) is 0 Å². The van der Waals surface area contributed by atoms with Gasteiger partial charge in [-0.2, -0.15) is 0 Å². The summed E-state index contributed by atoms with van der Waals surface area (Å²) in [7, 11) is 4.41. The Morgan fingerprint density at radius 3 is 2.06 bits per heavy atom. The maximum absolute atomic E-state index is 3.49. The largest absolute Gasteiger partial charge is 0.315 e. The monoisotopic (exact) mass is 240 g/mol. The highest BCUT2D eigenvalue weighted by atomic mass is 15.2. The summed E-state index contributed by atoms with van der Waals surface area (Å²) in [5.41, 5.74) is 0.341. The van der Waals surface area contributed by atoms with Crippen molar-refractivity contribution in [2.24, 2.45) is 5.41 Å². The van der Waals surface area contributed by atoms with Gasteiger partial charge in [-0.3, -0.25) is 0 Å². The van der Waals surface area contributed by atoms with Gasteiger partial charge in [0.2, 0.25) is 0 Å². The smallest absolute Gasteiger partial charge is 0.0240 e. The molecule has 2 heteroatoms. The van der Waals surface area contributed by atoms with E-state index in [1.807, 2.05) is 0 Å². The van der Waals surface area contributed by atoms with Crippen molar-refractivity contribution in [2.75, 3.05) is 20.6 Å². The number of hydrogen-bond acceptors (Lipinski definition) is 2. The van der Waals surface area contributed by atoms with Gasteiger partial charge >= 0.3 is 0 Å². The van der Waals surface area contributed by atoms with Gasteiger partial charge in [-0.1, -0.05) is 46.5 Å². The molecule has 0 heterocycles. The standard InChI is InChI=1S/C15H32N2/c1-15(2,3)14(16-4)12-17(5)13-10-8-6-7-9-11-13/h13-14,16H,6-12H2,1-5H3. The molecular formula is C15H32N2. The lowest BCUT2D eigenvalue weighted by molar-refractivity contribution is 0.154. The van der Waals surface area contributed by atoms with E-state index in [1.165, 1.54) is 45.1 Å². The van der Waals surface area contributed by atoms with Crippen molar-refractivity contribution >= 4 is 0 Å². The third-order valence-electron chi connectivity index (χ3n) is 4.31. The lowest BCUT2D eigenvalue weighted by atomic mass is 9.86. The van der Waals surface area contributed by atoms with E-state index in [4.69, 9.17) is 0 Å². The Bertz CT molecular complexity index is 199. The first kappa shape index (κ1) is 15.0. The average Bonchev–Trinajstić information content (AvgIpc) is 2.52. The van der Waals surface area contributed by atoms with E-state index < -0.39 is 0 Å². The summed E-state index contributed by atoms with van der Waals surface area (Å²) < 4.78 is 0. The highest BCUT2D eigenvalue weighted by molar-refractivity contribution is 4.84. The third-order valence-corrected chi connectivity index (χ3v) is 4.31. The first-order chi connectivity index (χ1) is 7.95. The molecule has 0 bridgehead atoms. The Kier molecular flexibility index (Phi) is 5.94. The molecule has 1 atom stereocenters. The van der Waals surface area contributed by atoms with Crippen LogP contribution >= 0.6 is 0 Å². The van der Waals surface area contributed by atoms with Crippen molar-refractivity contribution in [1.29, 1.82) is 0 Å². The van der Waals surface area contributed by atoms with Crippen molar-refractivity contribution in [1.82, 2.24) is 10.2 Å². The van der Waals surface area contributed by atoms with Crippen LogP contribution in [-0.2, 0) is 0 Å². The number of nitrogens with one attached hydrogen (secondary N) is 1. The topological polar surface area (TPSA) is 15.3 Å². The predicted molar refractivity (Wildman–Crippen MR) is 76.4 cm³/mol. The normalized spacial score (nSPS) is 21.5. The molecule has 1 saturated carbocycles.